The van der Waals surface area contributed by atoms with Crippen molar-refractivity contribution in [2.45, 2.75) is 25.5 Å². The Kier molecular flexibility index (Phi) is 5.26. The number of aliphatic carboxylic acids is 1. The van der Waals surface area contributed by atoms with Gasteiger partial charge < -0.3 is 19.9 Å². The summed E-state index contributed by atoms with van der Waals surface area (Å²) < 4.78 is 0. The average Bonchev–Trinajstić information content (AvgIpc) is 3.21. The van der Waals surface area contributed by atoms with Gasteiger partial charge in [-0.25, -0.2) is 0 Å². The SMILES string of the molecule is C[C@@H](O)[C@H]1C(=O)N2C(C(=O)[O-])=C(c3cc(C=O)c4c(c3)-c3ccccc3C4=O)C[C@H]12.[Na+]. The number of carbonyl (C=O) groups excluding carboxylic acids is 4. The third kappa shape index (κ3) is 2.88. The van der Waals surface area contributed by atoms with Crippen LogP contribution in [0.5, 0.6) is 0 Å². The van der Waals surface area contributed by atoms with Crippen LogP contribution < -0.4 is 34.7 Å². The van der Waals surface area contributed by atoms with Crippen LogP contribution in [0.2, 0.25) is 0 Å². The van der Waals surface area contributed by atoms with Crippen LogP contribution in [0.15, 0.2) is 42.1 Å². The molecule has 2 aromatic carbocycles. The Balaban J connectivity index is 0.00000231. The van der Waals surface area contributed by atoms with Crippen LogP contribution >= 0.6 is 0 Å². The summed E-state index contributed by atoms with van der Waals surface area (Å²) in [5.41, 5.74) is 2.76. The summed E-state index contributed by atoms with van der Waals surface area (Å²) in [5, 5.41) is 21.8. The van der Waals surface area contributed by atoms with Gasteiger partial charge in [-0.1, -0.05) is 24.3 Å². The van der Waals surface area contributed by atoms with E-state index in [1.54, 1.807) is 30.3 Å². The maximum atomic E-state index is 12.8. The molecule has 1 fully saturated rings. The molecule has 31 heavy (non-hydrogen) atoms. The van der Waals surface area contributed by atoms with Crippen LogP contribution in [0, 0.1) is 5.92 Å². The molecule has 0 bridgehead atoms. The van der Waals surface area contributed by atoms with E-state index in [4.69, 9.17) is 0 Å². The molecule has 1 aliphatic carbocycles. The number of ketones is 1. The van der Waals surface area contributed by atoms with Gasteiger partial charge in [0.2, 0.25) is 5.91 Å². The summed E-state index contributed by atoms with van der Waals surface area (Å²) in [7, 11) is 0. The molecule has 3 atom stereocenters. The Labute approximate surface area is 199 Å². The Morgan fingerprint density at radius 3 is 2.48 bits per heavy atom. The predicted octanol–water partition coefficient (Wildman–Crippen LogP) is -2.21. The minimum atomic E-state index is -1.49. The van der Waals surface area contributed by atoms with E-state index in [-0.39, 0.29) is 53.0 Å². The fraction of sp³-hybridized carbons (Fsp3) is 0.217. The second-order valence-electron chi connectivity index (χ2n) is 7.84. The molecule has 2 aromatic rings. The molecule has 1 saturated heterocycles. The van der Waals surface area contributed by atoms with E-state index in [9.17, 15) is 29.4 Å². The number of fused-ring (bicyclic) bond motifs is 4. The van der Waals surface area contributed by atoms with E-state index >= 15 is 0 Å². The molecule has 7 nitrogen and oxygen atoms in total. The summed E-state index contributed by atoms with van der Waals surface area (Å²) in [6, 6.07) is 9.70. The number of aliphatic hydroxyl groups excluding tert-OH is 1. The van der Waals surface area contributed by atoms with Crippen molar-refractivity contribution in [3.8, 4) is 11.1 Å². The van der Waals surface area contributed by atoms with E-state index in [1.807, 2.05) is 0 Å². The first-order chi connectivity index (χ1) is 14.3. The van der Waals surface area contributed by atoms with Gasteiger partial charge in [0.15, 0.2) is 12.1 Å². The van der Waals surface area contributed by atoms with Gasteiger partial charge in [-0.05, 0) is 47.7 Å². The van der Waals surface area contributed by atoms with Crippen molar-refractivity contribution < 1.29 is 58.9 Å². The third-order valence-electron chi connectivity index (χ3n) is 6.26. The van der Waals surface area contributed by atoms with Gasteiger partial charge >= 0.3 is 29.6 Å². The molecule has 0 unspecified atom stereocenters. The molecule has 2 aliphatic heterocycles. The standard InChI is InChI=1S/C23H17NO6.Na/c1-10(26)18-17-8-15(20(23(29)30)24(17)22(18)28)11-6-12(9-25)19-16(7-11)13-4-2-3-5-14(13)21(19)27;/h2-7,9-10,17-18,26H,8H2,1H3,(H,29,30);/q;+1/p-1/t10-,17-,18-;/m1./s1. The molecule has 0 aromatic heterocycles. The first-order valence-corrected chi connectivity index (χ1v) is 9.58. The topological polar surface area (TPSA) is 115 Å². The number of aliphatic hydroxyl groups is 1. The minimum Gasteiger partial charge on any atom is -0.543 e. The zero-order valence-corrected chi connectivity index (χ0v) is 18.9. The molecule has 3 aliphatic rings. The smallest absolute Gasteiger partial charge is 0.543 e. The van der Waals surface area contributed by atoms with Crippen LogP contribution in [0.1, 0.15) is 45.2 Å². The third-order valence-corrected chi connectivity index (χ3v) is 6.26. The molecular weight excluding hydrogens is 409 g/mol. The number of nitrogens with zero attached hydrogens (tertiary/aromatic N) is 1. The number of hydrogen-bond acceptors (Lipinski definition) is 6. The Bertz CT molecular complexity index is 1210. The summed E-state index contributed by atoms with van der Waals surface area (Å²) in [6.45, 7) is 1.50. The molecule has 0 saturated carbocycles. The number of amides is 1. The van der Waals surface area contributed by atoms with Gasteiger partial charge in [-0.3, -0.25) is 14.4 Å². The number of benzene rings is 2. The fourth-order valence-electron chi connectivity index (χ4n) is 4.96. The monoisotopic (exact) mass is 425 g/mol. The number of carboxylic acid groups (broad SMARTS) is 1. The molecular formula is C23H16NNaO6. The quantitative estimate of drug-likeness (QED) is 0.288. The van der Waals surface area contributed by atoms with Gasteiger partial charge in [-0.2, -0.15) is 0 Å². The second kappa shape index (κ2) is 7.53. The number of β-lactam (4-membered cyclic amide) rings is 1. The van der Waals surface area contributed by atoms with Crippen LogP contribution in [0.25, 0.3) is 16.7 Å². The summed E-state index contributed by atoms with van der Waals surface area (Å²) in [5.74, 6) is -2.88. The summed E-state index contributed by atoms with van der Waals surface area (Å²) in [4.78, 5) is 50.1. The first-order valence-electron chi connectivity index (χ1n) is 9.58. The zero-order valence-electron chi connectivity index (χ0n) is 16.9. The number of hydrogen-bond donors (Lipinski definition) is 1. The largest absolute Gasteiger partial charge is 1.00 e. The molecule has 0 spiro atoms. The molecule has 5 rings (SSSR count). The van der Waals surface area contributed by atoms with E-state index in [0.29, 0.717) is 39.7 Å². The van der Waals surface area contributed by atoms with E-state index in [1.165, 1.54) is 13.0 Å². The first kappa shape index (κ1) is 21.6. The Hall–Kier alpha value is -2.58. The van der Waals surface area contributed by atoms with Crippen molar-refractivity contribution in [3.63, 3.8) is 0 Å². The average molecular weight is 425 g/mol. The van der Waals surface area contributed by atoms with Crippen molar-refractivity contribution in [1.29, 1.82) is 0 Å². The normalized spacial score (nSPS) is 21.7. The van der Waals surface area contributed by atoms with Crippen molar-refractivity contribution in [1.82, 2.24) is 4.90 Å². The molecule has 1 amide bonds. The van der Waals surface area contributed by atoms with Crippen LogP contribution in [-0.2, 0) is 9.59 Å². The van der Waals surface area contributed by atoms with Gasteiger partial charge in [-0.15, -0.1) is 0 Å². The van der Waals surface area contributed by atoms with E-state index in [2.05, 4.69) is 0 Å². The molecule has 150 valence electrons. The van der Waals surface area contributed by atoms with E-state index < -0.39 is 29.9 Å². The number of aldehydes is 1. The van der Waals surface area contributed by atoms with E-state index in [0.717, 1.165) is 4.90 Å². The van der Waals surface area contributed by atoms with Crippen molar-refractivity contribution >= 4 is 29.5 Å². The molecule has 2 heterocycles. The number of carbonyl (C=O) groups is 4. The van der Waals surface area contributed by atoms with Crippen LogP contribution in [0.4, 0.5) is 0 Å². The molecule has 8 heteroatoms. The summed E-state index contributed by atoms with van der Waals surface area (Å²) in [6.07, 6.45) is -0.104. The second-order valence-corrected chi connectivity index (χ2v) is 7.84. The molecule has 0 radical (unpaired) electrons. The minimum absolute atomic E-state index is 0. The van der Waals surface area contributed by atoms with Crippen molar-refractivity contribution in [2.75, 3.05) is 0 Å². The number of rotatable bonds is 4. The van der Waals surface area contributed by atoms with Crippen LogP contribution in [-0.4, -0.2) is 46.1 Å². The Morgan fingerprint density at radius 1 is 1.19 bits per heavy atom. The Morgan fingerprint density at radius 2 is 1.87 bits per heavy atom. The number of carboxylic acids is 1. The van der Waals surface area contributed by atoms with Crippen LogP contribution in [0.3, 0.4) is 0 Å². The van der Waals surface area contributed by atoms with Crippen molar-refractivity contribution in [3.05, 3.63) is 64.3 Å². The van der Waals surface area contributed by atoms with Gasteiger partial charge in [0, 0.05) is 16.7 Å². The fourth-order valence-corrected chi connectivity index (χ4v) is 4.96. The molecule has 1 N–H and O–H groups in total. The van der Waals surface area contributed by atoms with Gasteiger partial charge in [0.05, 0.1) is 29.7 Å². The van der Waals surface area contributed by atoms with Crippen molar-refractivity contribution in [2.24, 2.45) is 5.92 Å². The maximum absolute atomic E-state index is 12.8. The van der Waals surface area contributed by atoms with Gasteiger partial charge in [0.1, 0.15) is 0 Å². The zero-order chi connectivity index (χ0) is 21.3. The summed E-state index contributed by atoms with van der Waals surface area (Å²) >= 11 is 0. The maximum Gasteiger partial charge on any atom is 1.00 e. The van der Waals surface area contributed by atoms with Gasteiger partial charge in [0.25, 0.3) is 0 Å². The predicted molar refractivity (Wildman–Crippen MR) is 103 cm³/mol.